The molecule has 1 aliphatic heterocycles. The number of carbonyl (C=O) groups excluding carboxylic acids is 2. The molecule has 1 atom stereocenters. The molecule has 0 saturated heterocycles. The predicted molar refractivity (Wildman–Crippen MR) is 165 cm³/mol. The highest BCUT2D eigenvalue weighted by molar-refractivity contribution is 5.88. The van der Waals surface area contributed by atoms with Crippen molar-refractivity contribution in [2.24, 2.45) is 0 Å². The summed E-state index contributed by atoms with van der Waals surface area (Å²) in [5.74, 6) is 0.525. The van der Waals surface area contributed by atoms with Crippen molar-refractivity contribution >= 4 is 35.1 Å². The number of amides is 2. The van der Waals surface area contributed by atoms with Crippen LogP contribution in [0.2, 0.25) is 0 Å². The van der Waals surface area contributed by atoms with Crippen LogP contribution in [0.15, 0.2) is 18.2 Å². The van der Waals surface area contributed by atoms with E-state index in [-0.39, 0.29) is 18.0 Å². The summed E-state index contributed by atoms with van der Waals surface area (Å²) in [6, 6.07) is 3.42. The molecule has 2 amide bonds. The first-order valence-corrected chi connectivity index (χ1v) is 14.6. The zero-order chi connectivity index (χ0) is 31.9. The second-order valence-corrected chi connectivity index (χ2v) is 13.2. The molecule has 1 aliphatic carbocycles. The number of rotatable bonds is 5. The Morgan fingerprint density at radius 3 is 2.23 bits per heavy atom. The summed E-state index contributed by atoms with van der Waals surface area (Å²) in [7, 11) is 5.07. The van der Waals surface area contributed by atoms with Crippen LogP contribution in [0.5, 0.6) is 5.75 Å². The molecular weight excluding hydrogens is 553 g/mol. The van der Waals surface area contributed by atoms with E-state index in [1.165, 1.54) is 4.90 Å². The van der Waals surface area contributed by atoms with Crippen LogP contribution >= 0.6 is 0 Å². The van der Waals surface area contributed by atoms with E-state index in [9.17, 15) is 9.59 Å². The number of pyridine rings is 2. The molecule has 0 fully saturated rings. The first-order chi connectivity index (χ1) is 19.9. The number of halogens is 1. The highest BCUT2D eigenvalue weighted by atomic mass is 19.1. The molecule has 2 aromatic rings. The van der Waals surface area contributed by atoms with Crippen molar-refractivity contribution in [2.45, 2.75) is 91.4 Å². The second-order valence-electron chi connectivity index (χ2n) is 13.2. The molecule has 1 unspecified atom stereocenters. The standard InChI is InChI=1S/C32H44FN5O5/c1-19-17-22(37(9)30(40)43-32(5,6)7)18-24(34-19)38(10)28-26(33)25(27-23(35-28)15-16-41-27)20-11-13-21(14-12-20)36(8)29(39)42-31(2,3)4/h11,17-18,21H,12-16H2,1-10H3. The van der Waals surface area contributed by atoms with Gasteiger partial charge in [-0.2, -0.15) is 0 Å². The summed E-state index contributed by atoms with van der Waals surface area (Å²) in [6.07, 6.45) is 3.45. The smallest absolute Gasteiger partial charge is 0.414 e. The third-order valence-electron chi connectivity index (χ3n) is 7.31. The Morgan fingerprint density at radius 2 is 1.63 bits per heavy atom. The van der Waals surface area contributed by atoms with Crippen LogP contribution in [-0.4, -0.2) is 72.0 Å². The van der Waals surface area contributed by atoms with Gasteiger partial charge in [-0.15, -0.1) is 0 Å². The van der Waals surface area contributed by atoms with Crippen LogP contribution < -0.4 is 14.5 Å². The number of hydrogen-bond acceptors (Lipinski definition) is 8. The normalized spacial score (nSPS) is 16.5. The minimum absolute atomic E-state index is 0.0588. The van der Waals surface area contributed by atoms with Crippen LogP contribution in [-0.2, 0) is 15.9 Å². The molecule has 2 aliphatic rings. The highest BCUT2D eigenvalue weighted by Crippen LogP contribution is 2.43. The van der Waals surface area contributed by atoms with E-state index in [4.69, 9.17) is 14.2 Å². The van der Waals surface area contributed by atoms with Crippen LogP contribution in [0.25, 0.3) is 5.57 Å². The van der Waals surface area contributed by atoms with Crippen molar-refractivity contribution in [3.63, 3.8) is 0 Å². The molecule has 0 radical (unpaired) electrons. The number of ether oxygens (including phenoxy) is 3. The van der Waals surface area contributed by atoms with E-state index < -0.39 is 23.1 Å². The van der Waals surface area contributed by atoms with Crippen LogP contribution in [0.3, 0.4) is 0 Å². The summed E-state index contributed by atoms with van der Waals surface area (Å²) >= 11 is 0. The Labute approximate surface area is 253 Å². The van der Waals surface area contributed by atoms with Crippen LogP contribution in [0, 0.1) is 12.7 Å². The fraction of sp³-hybridized carbons (Fsp3) is 0.562. The zero-order valence-electron chi connectivity index (χ0n) is 27.0. The number of allylic oxidation sites excluding steroid dienone is 1. The number of carbonyl (C=O) groups is 2. The van der Waals surface area contributed by atoms with Crippen molar-refractivity contribution < 1.29 is 28.2 Å². The van der Waals surface area contributed by atoms with Gasteiger partial charge in [-0.25, -0.2) is 23.9 Å². The molecule has 0 aromatic carbocycles. The van der Waals surface area contributed by atoms with E-state index in [0.29, 0.717) is 66.5 Å². The lowest BCUT2D eigenvalue weighted by Gasteiger charge is -2.33. The van der Waals surface area contributed by atoms with Gasteiger partial charge in [0.1, 0.15) is 17.0 Å². The van der Waals surface area contributed by atoms with Crippen molar-refractivity contribution in [3.05, 3.63) is 41.0 Å². The van der Waals surface area contributed by atoms with Gasteiger partial charge < -0.3 is 24.0 Å². The summed E-state index contributed by atoms with van der Waals surface area (Å²) in [5, 5.41) is 0. The second kappa shape index (κ2) is 12.0. The van der Waals surface area contributed by atoms with Crippen molar-refractivity contribution in [2.75, 3.05) is 37.5 Å². The first kappa shape index (κ1) is 32.0. The molecule has 2 aromatic heterocycles. The average Bonchev–Trinajstić information content (AvgIpc) is 3.37. The van der Waals surface area contributed by atoms with Gasteiger partial charge in [-0.3, -0.25) is 4.90 Å². The van der Waals surface area contributed by atoms with Gasteiger partial charge in [0.05, 0.1) is 23.6 Å². The molecule has 0 spiro atoms. The maximum atomic E-state index is 16.5. The Hall–Kier alpha value is -3.89. The maximum Gasteiger partial charge on any atom is 0.414 e. The number of aryl methyl sites for hydroxylation is 1. The highest BCUT2D eigenvalue weighted by Gasteiger charge is 2.33. The first-order valence-electron chi connectivity index (χ1n) is 14.6. The molecule has 0 bridgehead atoms. The van der Waals surface area contributed by atoms with E-state index >= 15 is 4.39 Å². The molecule has 0 N–H and O–H groups in total. The maximum absolute atomic E-state index is 16.5. The number of anilines is 3. The molecule has 3 heterocycles. The monoisotopic (exact) mass is 597 g/mol. The lowest BCUT2D eigenvalue weighted by molar-refractivity contribution is 0.0215. The fourth-order valence-electron chi connectivity index (χ4n) is 5.09. The Morgan fingerprint density at radius 1 is 0.977 bits per heavy atom. The van der Waals surface area contributed by atoms with E-state index in [1.807, 2.05) is 33.8 Å². The number of hydrogen-bond donors (Lipinski definition) is 0. The topological polar surface area (TPSA) is 97.3 Å². The lowest BCUT2D eigenvalue weighted by Crippen LogP contribution is -2.41. The molecule has 234 valence electrons. The van der Waals surface area contributed by atoms with E-state index in [2.05, 4.69) is 9.97 Å². The minimum Gasteiger partial charge on any atom is -0.491 e. The Kier molecular flexibility index (Phi) is 8.95. The zero-order valence-corrected chi connectivity index (χ0v) is 27.0. The van der Waals surface area contributed by atoms with Gasteiger partial charge in [0, 0.05) is 45.4 Å². The molecule has 10 nitrogen and oxygen atoms in total. The van der Waals surface area contributed by atoms with E-state index in [1.54, 1.807) is 63.8 Å². The summed E-state index contributed by atoms with van der Waals surface area (Å²) in [5.41, 5.74) is 1.89. The molecule has 43 heavy (non-hydrogen) atoms. The third kappa shape index (κ3) is 7.37. The number of aromatic nitrogens is 2. The predicted octanol–water partition coefficient (Wildman–Crippen LogP) is 6.80. The number of fused-ring (bicyclic) bond motifs is 1. The summed E-state index contributed by atoms with van der Waals surface area (Å²) in [4.78, 5) is 39.2. The van der Waals surface area contributed by atoms with Crippen LogP contribution in [0.4, 0.5) is 31.3 Å². The largest absolute Gasteiger partial charge is 0.491 e. The molecule has 0 saturated carbocycles. The van der Waals surface area contributed by atoms with Gasteiger partial charge in [0.2, 0.25) is 0 Å². The Bertz CT molecular complexity index is 1430. The number of nitrogens with zero attached hydrogens (tertiary/aromatic N) is 5. The lowest BCUT2D eigenvalue weighted by atomic mass is 9.89. The van der Waals surface area contributed by atoms with Crippen LogP contribution in [0.1, 0.15) is 77.8 Å². The quantitative estimate of drug-likeness (QED) is 0.371. The summed E-state index contributed by atoms with van der Waals surface area (Å²) in [6.45, 7) is 13.2. The third-order valence-corrected chi connectivity index (χ3v) is 7.31. The molecule has 11 heteroatoms. The Balaban J connectivity index is 1.64. The van der Waals surface area contributed by atoms with Gasteiger partial charge >= 0.3 is 12.2 Å². The van der Waals surface area contributed by atoms with E-state index in [0.717, 1.165) is 5.57 Å². The van der Waals surface area contributed by atoms with Crippen molar-refractivity contribution in [3.8, 4) is 5.75 Å². The van der Waals surface area contributed by atoms with Crippen molar-refractivity contribution in [1.82, 2.24) is 14.9 Å². The minimum atomic E-state index is -0.651. The van der Waals surface area contributed by atoms with Crippen molar-refractivity contribution in [1.29, 1.82) is 0 Å². The van der Waals surface area contributed by atoms with Gasteiger partial charge in [0.25, 0.3) is 0 Å². The average molecular weight is 598 g/mol. The SMILES string of the molecule is Cc1cc(N(C)C(=O)OC(C)(C)C)cc(N(C)c2nc3c(c(C4=CCC(N(C)C(=O)OC(C)(C)C)CC4)c2F)OCC3)n1. The van der Waals surface area contributed by atoms with Gasteiger partial charge in [-0.1, -0.05) is 6.08 Å². The van der Waals surface area contributed by atoms with Gasteiger partial charge in [0.15, 0.2) is 17.4 Å². The van der Waals surface area contributed by atoms with Gasteiger partial charge in [-0.05, 0) is 79.4 Å². The molecular formula is C32H44FN5O5. The molecule has 4 rings (SSSR count). The fourth-order valence-corrected chi connectivity index (χ4v) is 5.09. The summed E-state index contributed by atoms with van der Waals surface area (Å²) < 4.78 is 33.4.